The van der Waals surface area contributed by atoms with Crippen molar-refractivity contribution in [3.8, 4) is 5.75 Å². The van der Waals surface area contributed by atoms with Crippen LogP contribution in [0.3, 0.4) is 0 Å². The van der Waals surface area contributed by atoms with E-state index in [-0.39, 0.29) is 17.0 Å². The summed E-state index contributed by atoms with van der Waals surface area (Å²) in [5.74, 6) is -0.504. The van der Waals surface area contributed by atoms with Crippen LogP contribution in [0.1, 0.15) is 68.6 Å². The minimum atomic E-state index is -1.13. The molecule has 0 bridgehead atoms. The number of nitrogens with one attached hydrogen (secondary N) is 2. The molecule has 2 atom stereocenters. The van der Waals surface area contributed by atoms with Gasteiger partial charge in [0, 0.05) is 36.7 Å². The highest BCUT2D eigenvalue weighted by atomic mass is 19.1. The number of carboxylic acids is 1. The molecule has 1 amide bonds. The summed E-state index contributed by atoms with van der Waals surface area (Å²) >= 11 is 0. The number of alkyl carbamates (subject to hydrolysis) is 1. The van der Waals surface area contributed by atoms with Crippen molar-refractivity contribution in [2.45, 2.75) is 64.7 Å². The summed E-state index contributed by atoms with van der Waals surface area (Å²) in [4.78, 5) is 27.8. The van der Waals surface area contributed by atoms with Gasteiger partial charge in [0.05, 0.1) is 12.2 Å². The van der Waals surface area contributed by atoms with Crippen LogP contribution in [-0.2, 0) is 11.2 Å². The molecule has 1 aliphatic rings. The van der Waals surface area contributed by atoms with Crippen LogP contribution in [0.2, 0.25) is 0 Å². The van der Waals surface area contributed by atoms with E-state index in [4.69, 9.17) is 9.47 Å². The normalized spacial score (nSPS) is 17.8. The molecule has 0 saturated carbocycles. The second-order valence-corrected chi connectivity index (χ2v) is 10.2. The van der Waals surface area contributed by atoms with Gasteiger partial charge in [-0.25, -0.2) is 23.5 Å². The van der Waals surface area contributed by atoms with E-state index >= 15 is 0 Å². The summed E-state index contributed by atoms with van der Waals surface area (Å²) in [7, 11) is 0. The van der Waals surface area contributed by atoms with E-state index in [1.54, 1.807) is 33.0 Å². The summed E-state index contributed by atoms with van der Waals surface area (Å²) in [6.45, 7) is 9.50. The van der Waals surface area contributed by atoms with Gasteiger partial charge in [-0.3, -0.25) is 0 Å². The number of fused-ring (bicyclic) bond motifs is 2. The lowest BCUT2D eigenvalue weighted by atomic mass is 9.94. The van der Waals surface area contributed by atoms with E-state index in [1.165, 1.54) is 22.8 Å². The van der Waals surface area contributed by atoms with Gasteiger partial charge in [-0.2, -0.15) is 5.10 Å². The molecule has 1 aromatic carbocycles. The van der Waals surface area contributed by atoms with E-state index in [0.717, 1.165) is 5.56 Å². The first-order valence-corrected chi connectivity index (χ1v) is 11.7. The van der Waals surface area contributed by atoms with Crippen LogP contribution in [0.4, 0.5) is 15.0 Å². The third kappa shape index (κ3) is 5.50. The van der Waals surface area contributed by atoms with Gasteiger partial charge < -0.3 is 25.2 Å². The summed E-state index contributed by atoms with van der Waals surface area (Å²) in [5, 5.41) is 19.3. The first-order chi connectivity index (χ1) is 16.8. The van der Waals surface area contributed by atoms with Crippen molar-refractivity contribution in [1.82, 2.24) is 19.9 Å². The van der Waals surface area contributed by atoms with Gasteiger partial charge in [0.1, 0.15) is 34.2 Å². The zero-order valence-corrected chi connectivity index (χ0v) is 20.9. The topological polar surface area (TPSA) is 127 Å². The first-order valence-electron chi connectivity index (χ1n) is 11.7. The van der Waals surface area contributed by atoms with Crippen molar-refractivity contribution in [3.63, 3.8) is 0 Å². The Morgan fingerprint density at radius 2 is 2.11 bits per heavy atom. The number of aromatic nitrogens is 3. The molecule has 0 aliphatic carbocycles. The standard InChI is InChI=1S/C25H30FN5O5/c1-14(29-19-6-9-31-21(30-19)18(13-28-31)22(32)33)17-11-16(26)10-15-12-25(5,35-20(15)17)7-8-27-23(34)36-24(2,3)4/h6,9-11,13-14H,7-8,12H2,1-5H3,(H,27,34)(H,29,30)(H,32,33)/t14-,25-/m1/s1. The Morgan fingerprint density at radius 3 is 2.81 bits per heavy atom. The smallest absolute Gasteiger partial charge is 0.407 e. The fourth-order valence-corrected chi connectivity index (χ4v) is 4.22. The Balaban J connectivity index is 1.48. The fourth-order valence-electron chi connectivity index (χ4n) is 4.22. The highest BCUT2D eigenvalue weighted by Gasteiger charge is 2.37. The fraction of sp³-hybridized carbons (Fsp3) is 0.440. The SMILES string of the molecule is C[C@@H](Nc1ccn2ncc(C(=O)O)c2n1)c1cc(F)cc2c1O[C@](C)(CCNC(=O)OC(C)(C)C)C2. The number of aromatic carboxylic acids is 1. The number of amides is 1. The number of carboxylic acid groups (broad SMARTS) is 1. The van der Waals surface area contributed by atoms with Gasteiger partial charge in [0.25, 0.3) is 0 Å². The van der Waals surface area contributed by atoms with Crippen LogP contribution in [0.15, 0.2) is 30.6 Å². The maximum absolute atomic E-state index is 14.5. The molecule has 36 heavy (non-hydrogen) atoms. The van der Waals surface area contributed by atoms with Gasteiger partial charge in [0.2, 0.25) is 0 Å². The van der Waals surface area contributed by atoms with Gasteiger partial charge in [0.15, 0.2) is 5.65 Å². The number of rotatable bonds is 7. The summed E-state index contributed by atoms with van der Waals surface area (Å²) in [6.07, 6.45) is 3.33. The number of benzene rings is 1. The predicted molar refractivity (Wildman–Crippen MR) is 130 cm³/mol. The van der Waals surface area contributed by atoms with Crippen LogP contribution in [0.25, 0.3) is 5.65 Å². The van der Waals surface area contributed by atoms with E-state index in [0.29, 0.717) is 36.5 Å². The van der Waals surface area contributed by atoms with E-state index < -0.39 is 29.3 Å². The Morgan fingerprint density at radius 1 is 1.36 bits per heavy atom. The molecule has 0 unspecified atom stereocenters. The number of nitrogens with zero attached hydrogens (tertiary/aromatic N) is 3. The molecule has 3 N–H and O–H groups in total. The Kier molecular flexibility index (Phi) is 6.50. The number of hydrogen-bond acceptors (Lipinski definition) is 7. The second-order valence-electron chi connectivity index (χ2n) is 10.2. The zero-order valence-electron chi connectivity index (χ0n) is 20.9. The van der Waals surface area contributed by atoms with Crippen LogP contribution in [0, 0.1) is 5.82 Å². The summed E-state index contributed by atoms with van der Waals surface area (Å²) in [5.41, 5.74) is 0.317. The molecule has 0 radical (unpaired) electrons. The molecule has 10 nitrogen and oxygen atoms in total. The Hall–Kier alpha value is -3.89. The monoisotopic (exact) mass is 499 g/mol. The van der Waals surface area contributed by atoms with Crippen molar-refractivity contribution in [3.05, 3.63) is 53.1 Å². The van der Waals surface area contributed by atoms with E-state index in [1.807, 2.05) is 13.8 Å². The largest absolute Gasteiger partial charge is 0.486 e. The lowest BCUT2D eigenvalue weighted by Crippen LogP contribution is -2.38. The average molecular weight is 500 g/mol. The van der Waals surface area contributed by atoms with Crippen molar-refractivity contribution in [2.24, 2.45) is 0 Å². The molecule has 0 saturated heterocycles. The van der Waals surface area contributed by atoms with Crippen LogP contribution in [-0.4, -0.2) is 49.5 Å². The number of carbonyl (C=O) groups is 2. The third-order valence-electron chi connectivity index (χ3n) is 5.82. The van der Waals surface area contributed by atoms with Gasteiger partial charge >= 0.3 is 12.1 Å². The van der Waals surface area contributed by atoms with Gasteiger partial charge in [-0.1, -0.05) is 0 Å². The zero-order chi connectivity index (χ0) is 26.3. The number of halogens is 1. The van der Waals surface area contributed by atoms with Crippen LogP contribution >= 0.6 is 0 Å². The number of ether oxygens (including phenoxy) is 2. The molecule has 4 rings (SSSR count). The molecule has 3 heterocycles. The minimum Gasteiger partial charge on any atom is -0.486 e. The Bertz CT molecular complexity index is 1320. The summed E-state index contributed by atoms with van der Waals surface area (Å²) in [6, 6.07) is 4.15. The lowest BCUT2D eigenvalue weighted by Gasteiger charge is -2.26. The lowest BCUT2D eigenvalue weighted by molar-refractivity contribution is 0.0502. The number of carbonyl (C=O) groups excluding carboxylic acids is 1. The van der Waals surface area contributed by atoms with Crippen molar-refractivity contribution < 1.29 is 28.6 Å². The van der Waals surface area contributed by atoms with Crippen molar-refractivity contribution >= 4 is 23.5 Å². The molecule has 0 spiro atoms. The van der Waals surface area contributed by atoms with Gasteiger partial charge in [-0.05, 0) is 52.8 Å². The van der Waals surface area contributed by atoms with E-state index in [2.05, 4.69) is 20.7 Å². The van der Waals surface area contributed by atoms with Crippen LogP contribution < -0.4 is 15.4 Å². The number of hydrogen-bond donors (Lipinski definition) is 3. The molecule has 3 aromatic rings. The predicted octanol–water partition coefficient (Wildman–Crippen LogP) is 4.35. The van der Waals surface area contributed by atoms with E-state index in [9.17, 15) is 19.1 Å². The van der Waals surface area contributed by atoms with Crippen molar-refractivity contribution in [2.75, 3.05) is 11.9 Å². The van der Waals surface area contributed by atoms with Crippen molar-refractivity contribution in [1.29, 1.82) is 0 Å². The maximum Gasteiger partial charge on any atom is 0.407 e. The molecular formula is C25H30FN5O5. The quantitative estimate of drug-likeness (QED) is 0.438. The molecule has 192 valence electrons. The second kappa shape index (κ2) is 9.29. The molecule has 2 aromatic heterocycles. The summed E-state index contributed by atoms with van der Waals surface area (Å²) < 4.78 is 27.5. The molecule has 11 heteroatoms. The van der Waals surface area contributed by atoms with Gasteiger partial charge in [-0.15, -0.1) is 0 Å². The first kappa shape index (κ1) is 25.2. The molecular weight excluding hydrogens is 469 g/mol. The average Bonchev–Trinajstić information content (AvgIpc) is 3.32. The maximum atomic E-state index is 14.5. The minimum absolute atomic E-state index is 0.0166. The highest BCUT2D eigenvalue weighted by molar-refractivity contribution is 5.94. The van der Waals surface area contributed by atoms with Crippen LogP contribution in [0.5, 0.6) is 5.75 Å². The Labute approximate surface area is 207 Å². The number of anilines is 1. The molecule has 1 aliphatic heterocycles. The molecule has 0 fully saturated rings. The highest BCUT2D eigenvalue weighted by Crippen LogP contribution is 2.42. The third-order valence-corrected chi connectivity index (χ3v) is 5.82.